The Morgan fingerprint density at radius 1 is 1.43 bits per heavy atom. The van der Waals surface area contributed by atoms with Crippen molar-refractivity contribution in [3.05, 3.63) is 24.3 Å². The molecule has 1 saturated carbocycles. The average Bonchev–Trinajstić information content (AvgIpc) is 3.16. The van der Waals surface area contributed by atoms with Crippen LogP contribution in [0, 0.1) is 6.92 Å². The van der Waals surface area contributed by atoms with Crippen LogP contribution in [0.5, 0.6) is 0 Å². The van der Waals surface area contributed by atoms with Crippen molar-refractivity contribution in [2.45, 2.75) is 32.4 Å². The SMILES string of the molecule is Cc1nccn1CCN(C)c1cc(NC2CC2)nc(N)n1. The highest BCUT2D eigenvalue weighted by Gasteiger charge is 2.22. The number of nitrogens with two attached hydrogens (primary N) is 1. The lowest BCUT2D eigenvalue weighted by atomic mass is 10.4. The van der Waals surface area contributed by atoms with Crippen LogP contribution >= 0.6 is 0 Å². The molecule has 7 heteroatoms. The van der Waals surface area contributed by atoms with Crippen molar-refractivity contribution >= 4 is 17.6 Å². The second kappa shape index (κ2) is 5.59. The smallest absolute Gasteiger partial charge is 0.223 e. The largest absolute Gasteiger partial charge is 0.368 e. The van der Waals surface area contributed by atoms with Gasteiger partial charge in [0.2, 0.25) is 5.95 Å². The molecule has 0 saturated heterocycles. The van der Waals surface area contributed by atoms with Crippen molar-refractivity contribution in [3.8, 4) is 0 Å². The van der Waals surface area contributed by atoms with E-state index in [0.29, 0.717) is 12.0 Å². The monoisotopic (exact) mass is 287 g/mol. The van der Waals surface area contributed by atoms with Gasteiger partial charge in [-0.05, 0) is 19.8 Å². The molecule has 112 valence electrons. The van der Waals surface area contributed by atoms with Crippen LogP contribution in [0.1, 0.15) is 18.7 Å². The molecule has 2 heterocycles. The summed E-state index contributed by atoms with van der Waals surface area (Å²) in [5, 5.41) is 3.36. The fourth-order valence-electron chi connectivity index (χ4n) is 2.17. The van der Waals surface area contributed by atoms with Gasteiger partial charge < -0.3 is 20.5 Å². The predicted molar refractivity (Wildman–Crippen MR) is 83.3 cm³/mol. The Labute approximate surface area is 124 Å². The van der Waals surface area contributed by atoms with Gasteiger partial charge in [-0.15, -0.1) is 0 Å². The van der Waals surface area contributed by atoms with Crippen LogP contribution in [0.3, 0.4) is 0 Å². The molecule has 3 N–H and O–H groups in total. The van der Waals surface area contributed by atoms with Crippen LogP contribution in [-0.2, 0) is 6.54 Å². The zero-order valence-electron chi connectivity index (χ0n) is 12.5. The van der Waals surface area contributed by atoms with Gasteiger partial charge in [-0.25, -0.2) is 4.98 Å². The molecule has 0 aromatic carbocycles. The number of anilines is 3. The van der Waals surface area contributed by atoms with E-state index in [1.807, 2.05) is 32.4 Å². The highest BCUT2D eigenvalue weighted by atomic mass is 15.2. The summed E-state index contributed by atoms with van der Waals surface area (Å²) in [5.74, 6) is 2.97. The van der Waals surface area contributed by atoms with Crippen LogP contribution in [-0.4, -0.2) is 39.2 Å². The zero-order valence-corrected chi connectivity index (χ0v) is 12.5. The van der Waals surface area contributed by atoms with E-state index in [4.69, 9.17) is 5.73 Å². The molecule has 21 heavy (non-hydrogen) atoms. The van der Waals surface area contributed by atoms with Gasteiger partial charge in [0, 0.05) is 44.6 Å². The maximum Gasteiger partial charge on any atom is 0.223 e. The van der Waals surface area contributed by atoms with E-state index < -0.39 is 0 Å². The van der Waals surface area contributed by atoms with Crippen molar-refractivity contribution in [1.29, 1.82) is 0 Å². The van der Waals surface area contributed by atoms with E-state index in [1.165, 1.54) is 12.8 Å². The Kier molecular flexibility index (Phi) is 3.64. The summed E-state index contributed by atoms with van der Waals surface area (Å²) in [7, 11) is 2.01. The number of nitrogens with zero attached hydrogens (tertiary/aromatic N) is 5. The van der Waals surface area contributed by atoms with Gasteiger partial charge in [0.25, 0.3) is 0 Å². The molecule has 1 aliphatic rings. The Balaban J connectivity index is 1.66. The molecule has 0 atom stereocenters. The van der Waals surface area contributed by atoms with Gasteiger partial charge in [0.15, 0.2) is 0 Å². The second-order valence-electron chi connectivity index (χ2n) is 5.48. The van der Waals surface area contributed by atoms with E-state index in [-0.39, 0.29) is 0 Å². The molecule has 0 radical (unpaired) electrons. The van der Waals surface area contributed by atoms with Crippen LogP contribution in [0.4, 0.5) is 17.6 Å². The number of aromatic nitrogens is 4. The minimum Gasteiger partial charge on any atom is -0.368 e. The summed E-state index contributed by atoms with van der Waals surface area (Å²) in [6.07, 6.45) is 6.21. The number of aryl methyl sites for hydroxylation is 1. The molecule has 3 rings (SSSR count). The Hall–Kier alpha value is -2.31. The predicted octanol–water partition coefficient (Wildman–Crippen LogP) is 1.27. The molecule has 0 bridgehead atoms. The lowest BCUT2D eigenvalue weighted by Crippen LogP contribution is -2.24. The first kappa shape index (κ1) is 13.7. The first-order valence-electron chi connectivity index (χ1n) is 7.22. The number of rotatable bonds is 6. The van der Waals surface area contributed by atoms with Crippen LogP contribution in [0.2, 0.25) is 0 Å². The third-order valence-corrected chi connectivity index (χ3v) is 3.65. The fourth-order valence-corrected chi connectivity index (χ4v) is 2.17. The van der Waals surface area contributed by atoms with Crippen molar-refractivity contribution in [2.75, 3.05) is 29.5 Å². The molecule has 2 aromatic heterocycles. The molecule has 7 nitrogen and oxygen atoms in total. The van der Waals surface area contributed by atoms with E-state index >= 15 is 0 Å². The quantitative estimate of drug-likeness (QED) is 0.832. The normalized spacial score (nSPS) is 14.2. The number of nitrogen functional groups attached to an aromatic ring is 1. The third kappa shape index (κ3) is 3.42. The van der Waals surface area contributed by atoms with Gasteiger partial charge in [-0.1, -0.05) is 0 Å². The molecule has 2 aromatic rings. The maximum absolute atomic E-state index is 5.80. The third-order valence-electron chi connectivity index (χ3n) is 3.65. The van der Waals surface area contributed by atoms with Crippen LogP contribution in [0.15, 0.2) is 18.5 Å². The van der Waals surface area contributed by atoms with Crippen LogP contribution in [0.25, 0.3) is 0 Å². The first-order valence-corrected chi connectivity index (χ1v) is 7.22. The summed E-state index contributed by atoms with van der Waals surface area (Å²) >= 11 is 0. The molecule has 0 unspecified atom stereocenters. The minimum atomic E-state index is 0.307. The Morgan fingerprint density at radius 2 is 2.24 bits per heavy atom. The Bertz CT molecular complexity index is 618. The lowest BCUT2D eigenvalue weighted by Gasteiger charge is -2.19. The van der Waals surface area contributed by atoms with Gasteiger partial charge >= 0.3 is 0 Å². The number of hydrogen-bond donors (Lipinski definition) is 2. The van der Waals surface area contributed by atoms with E-state index in [2.05, 4.69) is 29.7 Å². The average molecular weight is 287 g/mol. The fraction of sp³-hybridized carbons (Fsp3) is 0.500. The Morgan fingerprint density at radius 3 is 2.90 bits per heavy atom. The summed E-state index contributed by atoms with van der Waals surface area (Å²) < 4.78 is 2.12. The van der Waals surface area contributed by atoms with Crippen LogP contribution < -0.4 is 16.0 Å². The van der Waals surface area contributed by atoms with E-state index in [0.717, 1.165) is 30.5 Å². The van der Waals surface area contributed by atoms with Crippen molar-refractivity contribution in [2.24, 2.45) is 0 Å². The number of nitrogens with one attached hydrogen (secondary N) is 1. The van der Waals surface area contributed by atoms with Gasteiger partial charge in [0.05, 0.1) is 0 Å². The van der Waals surface area contributed by atoms with Crippen molar-refractivity contribution < 1.29 is 0 Å². The second-order valence-corrected chi connectivity index (χ2v) is 5.48. The summed E-state index contributed by atoms with van der Waals surface area (Å²) in [6.45, 7) is 3.69. The van der Waals surface area contributed by atoms with Crippen molar-refractivity contribution in [1.82, 2.24) is 19.5 Å². The molecule has 1 aliphatic carbocycles. The summed E-state index contributed by atoms with van der Waals surface area (Å²) in [6, 6.07) is 2.50. The number of hydrogen-bond acceptors (Lipinski definition) is 6. The maximum atomic E-state index is 5.80. The molecule has 1 fully saturated rings. The van der Waals surface area contributed by atoms with E-state index in [1.54, 1.807) is 0 Å². The molecular formula is C14H21N7. The molecule has 0 aliphatic heterocycles. The van der Waals surface area contributed by atoms with Gasteiger partial charge in [-0.2, -0.15) is 9.97 Å². The lowest BCUT2D eigenvalue weighted by molar-refractivity contribution is 0.661. The van der Waals surface area contributed by atoms with Gasteiger partial charge in [0.1, 0.15) is 17.5 Å². The molecule has 0 amide bonds. The highest BCUT2D eigenvalue weighted by Crippen LogP contribution is 2.25. The van der Waals surface area contributed by atoms with Crippen molar-refractivity contribution in [3.63, 3.8) is 0 Å². The van der Waals surface area contributed by atoms with Gasteiger partial charge in [-0.3, -0.25) is 0 Å². The zero-order chi connectivity index (χ0) is 14.8. The summed E-state index contributed by atoms with van der Waals surface area (Å²) in [4.78, 5) is 14.8. The standard InChI is InChI=1S/C14H21N7/c1-10-16-5-6-21(10)8-7-20(2)13-9-12(17-11-3-4-11)18-14(15)19-13/h5-6,9,11H,3-4,7-8H2,1-2H3,(H3,15,17,18,19). The highest BCUT2D eigenvalue weighted by molar-refractivity contribution is 5.53. The number of imidazole rings is 1. The topological polar surface area (TPSA) is 84.9 Å². The minimum absolute atomic E-state index is 0.307. The first-order chi connectivity index (χ1) is 10.1. The molecule has 0 spiro atoms. The number of likely N-dealkylation sites (N-methyl/N-ethyl adjacent to an activating group) is 1. The summed E-state index contributed by atoms with van der Waals surface area (Å²) in [5.41, 5.74) is 5.80. The van der Waals surface area contributed by atoms with E-state index in [9.17, 15) is 0 Å². The molecular weight excluding hydrogens is 266 g/mol.